The topological polar surface area (TPSA) is 83.5 Å². The molecule has 6 heteroatoms. The Kier molecular flexibility index (Phi) is 3.99. The fourth-order valence-corrected chi connectivity index (χ4v) is 2.63. The van der Waals surface area contributed by atoms with E-state index in [4.69, 9.17) is 5.11 Å². The number of carbonyl (C=O) groups excluding carboxylic acids is 2. The Bertz CT molecular complexity index is 518. The summed E-state index contributed by atoms with van der Waals surface area (Å²) in [6, 6.07) is 0.654. The normalized spacial score (nSPS) is 15.8. The summed E-state index contributed by atoms with van der Waals surface area (Å²) >= 11 is 1.15. The molecule has 2 rings (SSSR count). The van der Waals surface area contributed by atoms with E-state index in [2.05, 4.69) is 5.32 Å². The maximum Gasteiger partial charge on any atom is 0.326 e. The Morgan fingerprint density at radius 3 is 2.63 bits per heavy atom. The largest absolute Gasteiger partial charge is 0.480 e. The molecule has 0 aliphatic heterocycles. The Hall–Kier alpha value is -1.69. The van der Waals surface area contributed by atoms with Gasteiger partial charge in [0.05, 0.1) is 4.88 Å². The van der Waals surface area contributed by atoms with Gasteiger partial charge in [-0.2, -0.15) is 0 Å². The van der Waals surface area contributed by atoms with Crippen molar-refractivity contribution in [1.82, 2.24) is 5.32 Å². The summed E-state index contributed by atoms with van der Waals surface area (Å²) in [6.07, 6.45) is 2.55. The van der Waals surface area contributed by atoms with Crippen LogP contribution >= 0.6 is 11.3 Å². The van der Waals surface area contributed by atoms with Gasteiger partial charge >= 0.3 is 5.97 Å². The molecule has 1 unspecified atom stereocenters. The van der Waals surface area contributed by atoms with Crippen molar-refractivity contribution in [2.75, 3.05) is 0 Å². The first kappa shape index (κ1) is 13.7. The van der Waals surface area contributed by atoms with Gasteiger partial charge in [0.15, 0.2) is 5.78 Å². The molecule has 102 valence electrons. The Labute approximate surface area is 114 Å². The molecule has 1 fully saturated rings. The maximum absolute atomic E-state index is 11.9. The predicted octanol–water partition coefficient (Wildman–Crippen LogP) is 1.93. The molecular formula is C13H15NO4S. The first-order valence-corrected chi connectivity index (χ1v) is 6.98. The molecule has 1 aliphatic carbocycles. The van der Waals surface area contributed by atoms with E-state index in [0.717, 1.165) is 24.2 Å². The summed E-state index contributed by atoms with van der Waals surface area (Å²) in [5, 5.41) is 13.2. The third-order valence-electron chi connectivity index (χ3n) is 3.10. The monoisotopic (exact) mass is 281 g/mol. The molecule has 0 bridgehead atoms. The molecule has 0 aromatic carbocycles. The number of aliphatic carboxylic acids is 1. The van der Waals surface area contributed by atoms with Crippen molar-refractivity contribution in [2.24, 2.45) is 5.92 Å². The molecule has 1 amide bonds. The molecule has 0 saturated heterocycles. The molecular weight excluding hydrogens is 266 g/mol. The lowest BCUT2D eigenvalue weighted by atomic mass is 10.1. The van der Waals surface area contributed by atoms with Gasteiger partial charge in [-0.1, -0.05) is 12.8 Å². The summed E-state index contributed by atoms with van der Waals surface area (Å²) in [4.78, 5) is 34.5. The molecule has 1 aromatic rings. The molecule has 1 aliphatic rings. The molecule has 0 radical (unpaired) electrons. The van der Waals surface area contributed by atoms with Crippen molar-refractivity contribution in [2.45, 2.75) is 32.2 Å². The van der Waals surface area contributed by atoms with Gasteiger partial charge in [0, 0.05) is 10.9 Å². The lowest BCUT2D eigenvalue weighted by Gasteiger charge is -2.13. The number of nitrogens with one attached hydrogen (secondary N) is 1. The van der Waals surface area contributed by atoms with Gasteiger partial charge < -0.3 is 10.4 Å². The lowest BCUT2D eigenvalue weighted by Crippen LogP contribution is -2.40. The fraction of sp³-hybridized carbons (Fsp3) is 0.462. The van der Waals surface area contributed by atoms with E-state index in [1.165, 1.54) is 13.0 Å². The highest BCUT2D eigenvalue weighted by atomic mass is 32.1. The third kappa shape index (κ3) is 3.64. The van der Waals surface area contributed by atoms with Crippen molar-refractivity contribution in [1.29, 1.82) is 0 Å². The SMILES string of the molecule is CC(=O)c1csc(C(=O)NC(CC2CC2)C(=O)O)c1. The van der Waals surface area contributed by atoms with Gasteiger partial charge in [-0.15, -0.1) is 11.3 Å². The number of thiophene rings is 1. The maximum atomic E-state index is 11.9. The summed E-state index contributed by atoms with van der Waals surface area (Å²) < 4.78 is 0. The molecule has 1 saturated carbocycles. The van der Waals surface area contributed by atoms with Crippen LogP contribution in [0.15, 0.2) is 11.4 Å². The summed E-state index contributed by atoms with van der Waals surface area (Å²) in [7, 11) is 0. The van der Waals surface area contributed by atoms with Gasteiger partial charge in [0.25, 0.3) is 5.91 Å². The summed E-state index contributed by atoms with van der Waals surface area (Å²) in [5.41, 5.74) is 0.476. The second-order valence-electron chi connectivity index (χ2n) is 4.80. The Morgan fingerprint density at radius 1 is 1.47 bits per heavy atom. The second-order valence-corrected chi connectivity index (χ2v) is 5.71. The smallest absolute Gasteiger partial charge is 0.326 e. The highest BCUT2D eigenvalue weighted by Crippen LogP contribution is 2.33. The van der Waals surface area contributed by atoms with Gasteiger partial charge in [0.2, 0.25) is 0 Å². The van der Waals surface area contributed by atoms with Gasteiger partial charge in [-0.3, -0.25) is 9.59 Å². The molecule has 1 atom stereocenters. The van der Waals surface area contributed by atoms with Crippen LogP contribution in [0.4, 0.5) is 0 Å². The molecule has 0 spiro atoms. The highest BCUT2D eigenvalue weighted by Gasteiger charge is 2.30. The zero-order valence-corrected chi connectivity index (χ0v) is 11.3. The number of amides is 1. The van der Waals surface area contributed by atoms with Crippen LogP contribution in [0.3, 0.4) is 0 Å². The van der Waals surface area contributed by atoms with Crippen LogP contribution < -0.4 is 5.32 Å². The number of ketones is 1. The average Bonchev–Trinajstić information content (AvgIpc) is 3.01. The van der Waals surface area contributed by atoms with Crippen molar-refractivity contribution in [3.63, 3.8) is 0 Å². The van der Waals surface area contributed by atoms with E-state index in [-0.39, 0.29) is 5.78 Å². The summed E-state index contributed by atoms with van der Waals surface area (Å²) in [6.45, 7) is 1.43. The number of Topliss-reactive ketones (excluding diaryl/α,β-unsaturated/α-hetero) is 1. The van der Waals surface area contributed by atoms with E-state index in [1.807, 2.05) is 0 Å². The van der Waals surface area contributed by atoms with Gasteiger partial charge in [-0.25, -0.2) is 4.79 Å². The highest BCUT2D eigenvalue weighted by molar-refractivity contribution is 7.12. The minimum atomic E-state index is -1.01. The minimum Gasteiger partial charge on any atom is -0.480 e. The first-order chi connectivity index (χ1) is 8.97. The zero-order valence-electron chi connectivity index (χ0n) is 10.5. The number of carboxylic acids is 1. The molecule has 1 heterocycles. The average molecular weight is 281 g/mol. The van der Waals surface area contributed by atoms with Crippen LogP contribution in [0.1, 0.15) is 46.2 Å². The Balaban J connectivity index is 2.00. The first-order valence-electron chi connectivity index (χ1n) is 6.10. The number of rotatable bonds is 6. The zero-order chi connectivity index (χ0) is 14.0. The van der Waals surface area contributed by atoms with Crippen LogP contribution in [0.25, 0.3) is 0 Å². The van der Waals surface area contributed by atoms with E-state index in [1.54, 1.807) is 5.38 Å². The molecule has 2 N–H and O–H groups in total. The van der Waals surface area contributed by atoms with E-state index >= 15 is 0 Å². The van der Waals surface area contributed by atoms with Crippen molar-refractivity contribution >= 4 is 29.0 Å². The van der Waals surface area contributed by atoms with E-state index in [0.29, 0.717) is 22.8 Å². The van der Waals surface area contributed by atoms with Crippen molar-refractivity contribution in [3.05, 3.63) is 21.9 Å². The van der Waals surface area contributed by atoms with Crippen molar-refractivity contribution in [3.8, 4) is 0 Å². The van der Waals surface area contributed by atoms with Crippen LogP contribution in [0, 0.1) is 5.92 Å². The molecule has 5 nitrogen and oxygen atoms in total. The van der Waals surface area contributed by atoms with Gasteiger partial charge in [-0.05, 0) is 25.3 Å². The number of carbonyl (C=O) groups is 3. The standard InChI is InChI=1S/C13H15NO4S/c1-7(15)9-5-11(19-6-9)12(16)14-10(13(17)18)4-8-2-3-8/h5-6,8,10H,2-4H2,1H3,(H,14,16)(H,17,18). The van der Waals surface area contributed by atoms with Crippen LogP contribution in [-0.2, 0) is 4.79 Å². The van der Waals surface area contributed by atoms with E-state index < -0.39 is 17.9 Å². The van der Waals surface area contributed by atoms with Crippen molar-refractivity contribution < 1.29 is 19.5 Å². The second kappa shape index (κ2) is 5.52. The third-order valence-corrected chi connectivity index (χ3v) is 4.03. The lowest BCUT2D eigenvalue weighted by molar-refractivity contribution is -0.139. The predicted molar refractivity (Wildman–Crippen MR) is 70.6 cm³/mol. The summed E-state index contributed by atoms with van der Waals surface area (Å²) in [5.74, 6) is -1.13. The fourth-order valence-electron chi connectivity index (χ4n) is 1.78. The van der Waals surface area contributed by atoms with Crippen LogP contribution in [0.2, 0.25) is 0 Å². The van der Waals surface area contributed by atoms with E-state index in [9.17, 15) is 14.4 Å². The number of hydrogen-bond acceptors (Lipinski definition) is 4. The number of hydrogen-bond donors (Lipinski definition) is 2. The minimum absolute atomic E-state index is 0.108. The Morgan fingerprint density at radius 2 is 2.16 bits per heavy atom. The van der Waals surface area contributed by atoms with Crippen LogP contribution in [-0.4, -0.2) is 28.8 Å². The van der Waals surface area contributed by atoms with Crippen LogP contribution in [0.5, 0.6) is 0 Å². The quantitative estimate of drug-likeness (QED) is 0.780. The molecule has 1 aromatic heterocycles. The number of carboxylic acid groups (broad SMARTS) is 1. The van der Waals surface area contributed by atoms with Gasteiger partial charge in [0.1, 0.15) is 6.04 Å². The molecule has 19 heavy (non-hydrogen) atoms.